The third kappa shape index (κ3) is 4.21. The third-order valence-electron chi connectivity index (χ3n) is 1.62. The molecule has 0 N–H and O–H groups in total. The molecule has 0 saturated heterocycles. The van der Waals surface area contributed by atoms with Crippen molar-refractivity contribution in [3.8, 4) is 0 Å². The zero-order chi connectivity index (χ0) is 9.52. The van der Waals surface area contributed by atoms with E-state index in [1.165, 1.54) is 5.56 Å². The highest BCUT2D eigenvalue weighted by Gasteiger charge is 1.88. The van der Waals surface area contributed by atoms with Gasteiger partial charge in [0.1, 0.15) is 5.78 Å². The van der Waals surface area contributed by atoms with E-state index in [0.717, 1.165) is 0 Å². The lowest BCUT2D eigenvalue weighted by Gasteiger charge is -1.93. The Hall–Kier alpha value is -1.44. The largest absolute Gasteiger partial charge is 0.300 e. The standard InChI is InChI=1S/C11H13NO/c1-10(13)7-8-12-9-11-5-3-2-4-6-11/h2-6,8H,7,9H2,1H3/b12-8+. The molecule has 0 fully saturated rings. The van der Waals surface area contributed by atoms with Gasteiger partial charge in [0.25, 0.3) is 0 Å². The van der Waals surface area contributed by atoms with Gasteiger partial charge in [-0.05, 0) is 12.5 Å². The summed E-state index contributed by atoms with van der Waals surface area (Å²) in [6, 6.07) is 9.98. The average Bonchev–Trinajstić information content (AvgIpc) is 2.14. The van der Waals surface area contributed by atoms with Crippen LogP contribution in [0.15, 0.2) is 35.3 Å². The van der Waals surface area contributed by atoms with Crippen molar-refractivity contribution in [2.24, 2.45) is 4.99 Å². The van der Waals surface area contributed by atoms with Gasteiger partial charge in [0.15, 0.2) is 0 Å². The fraction of sp³-hybridized carbons (Fsp3) is 0.273. The molecule has 2 heteroatoms. The molecule has 0 spiro atoms. The van der Waals surface area contributed by atoms with E-state index in [2.05, 4.69) is 4.99 Å². The van der Waals surface area contributed by atoms with Crippen LogP contribution >= 0.6 is 0 Å². The van der Waals surface area contributed by atoms with Crippen LogP contribution in [0.25, 0.3) is 0 Å². The van der Waals surface area contributed by atoms with Crippen LogP contribution in [-0.4, -0.2) is 12.0 Å². The summed E-state index contributed by atoms with van der Waals surface area (Å²) in [7, 11) is 0. The van der Waals surface area contributed by atoms with Gasteiger partial charge >= 0.3 is 0 Å². The van der Waals surface area contributed by atoms with Gasteiger partial charge in [-0.25, -0.2) is 0 Å². The molecule has 0 atom stereocenters. The van der Waals surface area contributed by atoms with E-state index in [9.17, 15) is 4.79 Å². The highest BCUT2D eigenvalue weighted by molar-refractivity contribution is 5.89. The van der Waals surface area contributed by atoms with Crippen molar-refractivity contribution >= 4 is 12.0 Å². The Bertz CT molecular complexity index is 290. The van der Waals surface area contributed by atoms with Gasteiger partial charge < -0.3 is 0 Å². The summed E-state index contributed by atoms with van der Waals surface area (Å²) >= 11 is 0. The number of ketones is 1. The molecule has 0 amide bonds. The predicted octanol–water partition coefficient (Wildman–Crippen LogP) is 2.24. The number of carbonyl (C=O) groups excluding carboxylic acids is 1. The van der Waals surface area contributed by atoms with Crippen molar-refractivity contribution in [1.82, 2.24) is 0 Å². The van der Waals surface area contributed by atoms with E-state index in [1.807, 2.05) is 30.3 Å². The van der Waals surface area contributed by atoms with Gasteiger partial charge in [-0.3, -0.25) is 9.79 Å². The number of nitrogens with zero attached hydrogens (tertiary/aromatic N) is 1. The third-order valence-corrected chi connectivity index (χ3v) is 1.62. The minimum atomic E-state index is 0.150. The van der Waals surface area contributed by atoms with Crippen LogP contribution < -0.4 is 0 Å². The molecule has 13 heavy (non-hydrogen) atoms. The zero-order valence-electron chi connectivity index (χ0n) is 7.73. The van der Waals surface area contributed by atoms with Gasteiger partial charge in [-0.1, -0.05) is 30.3 Å². The summed E-state index contributed by atoms with van der Waals surface area (Å²) in [5.74, 6) is 0.150. The Morgan fingerprint density at radius 2 is 2.08 bits per heavy atom. The first-order valence-corrected chi connectivity index (χ1v) is 4.30. The van der Waals surface area contributed by atoms with E-state index in [0.29, 0.717) is 13.0 Å². The number of carbonyl (C=O) groups is 1. The fourth-order valence-electron chi connectivity index (χ4n) is 0.946. The number of rotatable bonds is 4. The van der Waals surface area contributed by atoms with Crippen LogP contribution in [0, 0.1) is 0 Å². The van der Waals surface area contributed by atoms with Gasteiger partial charge in [0.05, 0.1) is 6.54 Å². The van der Waals surface area contributed by atoms with Crippen molar-refractivity contribution < 1.29 is 4.79 Å². The number of benzene rings is 1. The molecule has 0 aromatic heterocycles. The Kier molecular flexibility index (Phi) is 3.89. The molecule has 0 aliphatic heterocycles. The maximum Gasteiger partial charge on any atom is 0.135 e. The fourth-order valence-corrected chi connectivity index (χ4v) is 0.946. The lowest BCUT2D eigenvalue weighted by molar-refractivity contribution is -0.115. The van der Waals surface area contributed by atoms with Crippen LogP contribution in [0.3, 0.4) is 0 Å². The molecule has 0 unspecified atom stereocenters. The molecule has 0 bridgehead atoms. The van der Waals surface area contributed by atoms with E-state index < -0.39 is 0 Å². The summed E-state index contributed by atoms with van der Waals surface area (Å²) in [4.78, 5) is 14.7. The molecule has 0 saturated carbocycles. The minimum Gasteiger partial charge on any atom is -0.300 e. The van der Waals surface area contributed by atoms with E-state index in [4.69, 9.17) is 0 Å². The number of hydrogen-bond donors (Lipinski definition) is 0. The number of hydrogen-bond acceptors (Lipinski definition) is 2. The average molecular weight is 175 g/mol. The van der Waals surface area contributed by atoms with Gasteiger partial charge in [0, 0.05) is 12.6 Å². The first-order valence-electron chi connectivity index (χ1n) is 4.30. The molecular formula is C11H13NO. The van der Waals surface area contributed by atoms with E-state index in [-0.39, 0.29) is 5.78 Å². The first kappa shape index (κ1) is 9.65. The Morgan fingerprint density at radius 3 is 2.69 bits per heavy atom. The lowest BCUT2D eigenvalue weighted by atomic mass is 10.2. The van der Waals surface area contributed by atoms with Crippen LogP contribution in [0.4, 0.5) is 0 Å². The predicted molar refractivity (Wildman–Crippen MR) is 53.9 cm³/mol. The Morgan fingerprint density at radius 1 is 1.38 bits per heavy atom. The quantitative estimate of drug-likeness (QED) is 0.645. The Labute approximate surface area is 78.3 Å². The maximum absolute atomic E-state index is 10.6. The van der Waals surface area contributed by atoms with Crippen LogP contribution in [-0.2, 0) is 11.3 Å². The monoisotopic (exact) mass is 175 g/mol. The van der Waals surface area contributed by atoms with Crippen molar-refractivity contribution in [3.63, 3.8) is 0 Å². The van der Waals surface area contributed by atoms with E-state index in [1.54, 1.807) is 13.1 Å². The zero-order valence-corrected chi connectivity index (χ0v) is 7.73. The molecule has 0 heterocycles. The molecule has 0 aliphatic rings. The Balaban J connectivity index is 2.35. The van der Waals surface area contributed by atoms with Crippen LogP contribution in [0.2, 0.25) is 0 Å². The molecule has 1 aromatic rings. The molecule has 1 rings (SSSR count). The smallest absolute Gasteiger partial charge is 0.135 e. The summed E-state index contributed by atoms with van der Waals surface area (Å²) in [6.07, 6.45) is 2.11. The normalized spacial score (nSPS) is 10.5. The second kappa shape index (κ2) is 5.25. The molecule has 68 valence electrons. The van der Waals surface area contributed by atoms with Gasteiger partial charge in [-0.2, -0.15) is 0 Å². The van der Waals surface area contributed by atoms with Crippen molar-refractivity contribution in [3.05, 3.63) is 35.9 Å². The summed E-state index contributed by atoms with van der Waals surface area (Å²) in [6.45, 7) is 2.22. The van der Waals surface area contributed by atoms with Crippen molar-refractivity contribution in [2.45, 2.75) is 19.9 Å². The molecule has 2 nitrogen and oxygen atoms in total. The SMILES string of the molecule is CC(=O)C/C=N/Cc1ccccc1. The highest BCUT2D eigenvalue weighted by atomic mass is 16.1. The van der Waals surface area contributed by atoms with Gasteiger partial charge in [-0.15, -0.1) is 0 Å². The maximum atomic E-state index is 10.6. The number of aliphatic imine (C=N–C) groups is 1. The van der Waals surface area contributed by atoms with E-state index >= 15 is 0 Å². The summed E-state index contributed by atoms with van der Waals surface area (Å²) < 4.78 is 0. The molecular weight excluding hydrogens is 162 g/mol. The summed E-state index contributed by atoms with van der Waals surface area (Å²) in [5.41, 5.74) is 1.17. The molecule has 0 aliphatic carbocycles. The molecule has 0 radical (unpaired) electrons. The highest BCUT2D eigenvalue weighted by Crippen LogP contribution is 1.99. The second-order valence-corrected chi connectivity index (χ2v) is 2.92. The van der Waals surface area contributed by atoms with Crippen molar-refractivity contribution in [2.75, 3.05) is 0 Å². The van der Waals surface area contributed by atoms with Gasteiger partial charge in [0.2, 0.25) is 0 Å². The minimum absolute atomic E-state index is 0.150. The van der Waals surface area contributed by atoms with Crippen molar-refractivity contribution in [1.29, 1.82) is 0 Å². The summed E-state index contributed by atoms with van der Waals surface area (Å²) in [5, 5.41) is 0. The lowest BCUT2D eigenvalue weighted by Crippen LogP contribution is -1.90. The second-order valence-electron chi connectivity index (χ2n) is 2.92. The number of Topliss-reactive ketones (excluding diaryl/α,β-unsaturated/α-hetero) is 1. The first-order chi connectivity index (χ1) is 6.29. The van der Waals surface area contributed by atoms with Crippen LogP contribution in [0.5, 0.6) is 0 Å². The molecule has 1 aromatic carbocycles. The topological polar surface area (TPSA) is 29.4 Å². The van der Waals surface area contributed by atoms with Crippen LogP contribution in [0.1, 0.15) is 18.9 Å².